The summed E-state index contributed by atoms with van der Waals surface area (Å²) in [4.78, 5) is 7.33. The molecule has 0 radical (unpaired) electrons. The van der Waals surface area contributed by atoms with E-state index in [1.165, 1.54) is 5.52 Å². The van der Waals surface area contributed by atoms with Crippen molar-refractivity contribution in [3.63, 3.8) is 0 Å². The molecule has 0 bridgehead atoms. The Balaban J connectivity index is 1.57. The number of likely N-dealkylation sites (tertiary alicyclic amines) is 1. The molecular weight excluding hydrogens is 274 g/mol. The number of hydrogen-bond donors (Lipinski definition) is 1. The second kappa shape index (κ2) is 5.52. The average Bonchev–Trinajstić information content (AvgIpc) is 3.12. The van der Waals surface area contributed by atoms with Gasteiger partial charge in [-0.05, 0) is 36.8 Å². The zero-order valence-electron chi connectivity index (χ0n) is 12.9. The highest BCUT2D eigenvalue weighted by atomic mass is 16.3. The molecule has 4 nitrogen and oxygen atoms in total. The molecule has 0 spiro atoms. The van der Waals surface area contributed by atoms with Crippen LogP contribution in [0.25, 0.3) is 11.0 Å². The minimum Gasteiger partial charge on any atom is -0.393 e. The largest absolute Gasteiger partial charge is 0.393 e. The smallest absolute Gasteiger partial charge is 0.124 e. The van der Waals surface area contributed by atoms with Crippen molar-refractivity contribution < 1.29 is 5.11 Å². The topological polar surface area (TPSA) is 41.3 Å². The van der Waals surface area contributed by atoms with E-state index < -0.39 is 0 Å². The fraction of sp³-hybridized carbons (Fsp3) is 0.500. The summed E-state index contributed by atoms with van der Waals surface area (Å²) in [7, 11) is 0. The van der Waals surface area contributed by atoms with Crippen molar-refractivity contribution >= 4 is 11.0 Å². The van der Waals surface area contributed by atoms with Crippen LogP contribution in [-0.2, 0) is 13.1 Å². The van der Waals surface area contributed by atoms with Gasteiger partial charge in [0.05, 0.1) is 23.7 Å². The SMILES string of the molecule is C=CCn1c(CN2C[C@H]3CC(O)C[C@H]3C2)nc2ccccc21. The molecule has 2 heterocycles. The molecule has 1 aromatic heterocycles. The molecule has 1 aliphatic heterocycles. The second-order valence-corrected chi connectivity index (χ2v) is 6.76. The van der Waals surface area contributed by atoms with Crippen molar-refractivity contribution in [3.8, 4) is 0 Å². The molecule has 1 saturated carbocycles. The average molecular weight is 297 g/mol. The maximum absolute atomic E-state index is 9.77. The molecule has 1 aromatic carbocycles. The molecule has 2 fully saturated rings. The summed E-state index contributed by atoms with van der Waals surface area (Å²) in [6, 6.07) is 8.31. The molecule has 22 heavy (non-hydrogen) atoms. The Hall–Kier alpha value is -1.65. The van der Waals surface area contributed by atoms with Crippen LogP contribution in [0.4, 0.5) is 0 Å². The van der Waals surface area contributed by atoms with E-state index in [9.17, 15) is 5.11 Å². The van der Waals surface area contributed by atoms with Gasteiger partial charge in [0, 0.05) is 19.6 Å². The number of benzene rings is 1. The van der Waals surface area contributed by atoms with Crippen molar-refractivity contribution in [2.75, 3.05) is 13.1 Å². The quantitative estimate of drug-likeness (QED) is 0.881. The van der Waals surface area contributed by atoms with Crippen LogP contribution in [0.5, 0.6) is 0 Å². The first kappa shape index (κ1) is 14.0. The summed E-state index contributed by atoms with van der Waals surface area (Å²) < 4.78 is 2.27. The molecule has 4 heteroatoms. The van der Waals surface area contributed by atoms with E-state index in [1.54, 1.807) is 0 Å². The maximum Gasteiger partial charge on any atom is 0.124 e. The van der Waals surface area contributed by atoms with Gasteiger partial charge in [0.25, 0.3) is 0 Å². The Morgan fingerprint density at radius 1 is 1.23 bits per heavy atom. The summed E-state index contributed by atoms with van der Waals surface area (Å²) in [6.45, 7) is 7.77. The van der Waals surface area contributed by atoms with E-state index >= 15 is 0 Å². The van der Waals surface area contributed by atoms with Gasteiger partial charge in [-0.3, -0.25) is 4.90 Å². The van der Waals surface area contributed by atoms with E-state index in [4.69, 9.17) is 4.98 Å². The van der Waals surface area contributed by atoms with E-state index in [0.29, 0.717) is 11.8 Å². The number of hydrogen-bond acceptors (Lipinski definition) is 3. The highest BCUT2D eigenvalue weighted by molar-refractivity contribution is 5.75. The molecule has 3 atom stereocenters. The van der Waals surface area contributed by atoms with Crippen molar-refractivity contribution in [3.05, 3.63) is 42.7 Å². The summed E-state index contributed by atoms with van der Waals surface area (Å²) in [6.07, 6.45) is 3.82. The monoisotopic (exact) mass is 297 g/mol. The van der Waals surface area contributed by atoms with E-state index in [1.807, 2.05) is 12.1 Å². The summed E-state index contributed by atoms with van der Waals surface area (Å²) >= 11 is 0. The van der Waals surface area contributed by atoms with Gasteiger partial charge < -0.3 is 9.67 Å². The molecule has 1 unspecified atom stereocenters. The Morgan fingerprint density at radius 2 is 1.95 bits per heavy atom. The Kier molecular flexibility index (Phi) is 3.51. The van der Waals surface area contributed by atoms with Crippen molar-refractivity contribution in [1.29, 1.82) is 0 Å². The first-order valence-corrected chi connectivity index (χ1v) is 8.20. The number of aliphatic hydroxyl groups excluding tert-OH is 1. The van der Waals surface area contributed by atoms with Crippen LogP contribution in [-0.4, -0.2) is 38.8 Å². The molecule has 2 aliphatic rings. The Bertz CT molecular complexity index is 679. The summed E-state index contributed by atoms with van der Waals surface area (Å²) in [5.74, 6) is 2.47. The third kappa shape index (κ3) is 2.36. The fourth-order valence-electron chi connectivity index (χ4n) is 4.27. The lowest BCUT2D eigenvalue weighted by Crippen LogP contribution is -2.24. The number of nitrogens with zero attached hydrogens (tertiary/aromatic N) is 3. The first-order chi connectivity index (χ1) is 10.7. The molecule has 1 aliphatic carbocycles. The Labute approximate surface area is 131 Å². The van der Waals surface area contributed by atoms with Gasteiger partial charge in [-0.25, -0.2) is 4.98 Å². The minimum atomic E-state index is -0.0671. The third-order valence-electron chi connectivity index (χ3n) is 5.21. The molecule has 1 N–H and O–H groups in total. The molecular formula is C18H23N3O. The molecule has 116 valence electrons. The molecule has 0 amide bonds. The van der Waals surface area contributed by atoms with Gasteiger partial charge in [0.2, 0.25) is 0 Å². The number of imidazole rings is 1. The van der Waals surface area contributed by atoms with Crippen LogP contribution < -0.4 is 0 Å². The lowest BCUT2D eigenvalue weighted by molar-refractivity contribution is 0.160. The van der Waals surface area contributed by atoms with Crippen LogP contribution in [0, 0.1) is 11.8 Å². The van der Waals surface area contributed by atoms with Gasteiger partial charge in [0.15, 0.2) is 0 Å². The van der Waals surface area contributed by atoms with Crippen LogP contribution >= 0.6 is 0 Å². The lowest BCUT2D eigenvalue weighted by atomic mass is 10.0. The Morgan fingerprint density at radius 3 is 2.68 bits per heavy atom. The van der Waals surface area contributed by atoms with Crippen LogP contribution in [0.3, 0.4) is 0 Å². The highest BCUT2D eigenvalue weighted by Crippen LogP contribution is 2.38. The van der Waals surface area contributed by atoms with Gasteiger partial charge in [-0.15, -0.1) is 6.58 Å². The van der Waals surface area contributed by atoms with Gasteiger partial charge in [-0.2, -0.15) is 0 Å². The zero-order chi connectivity index (χ0) is 15.1. The van der Waals surface area contributed by atoms with Gasteiger partial charge >= 0.3 is 0 Å². The number of aliphatic hydroxyl groups is 1. The maximum atomic E-state index is 9.77. The summed E-state index contributed by atoms with van der Waals surface area (Å²) in [5.41, 5.74) is 2.25. The van der Waals surface area contributed by atoms with Crippen molar-refractivity contribution in [2.45, 2.75) is 32.0 Å². The fourth-order valence-corrected chi connectivity index (χ4v) is 4.27. The van der Waals surface area contributed by atoms with Crippen molar-refractivity contribution in [2.24, 2.45) is 11.8 Å². The minimum absolute atomic E-state index is 0.0671. The van der Waals surface area contributed by atoms with Gasteiger partial charge in [0.1, 0.15) is 5.82 Å². The standard InChI is InChI=1S/C18H23N3O/c1-2-7-21-17-6-4-3-5-16(17)19-18(21)12-20-10-13-8-15(22)9-14(13)11-20/h2-6,13-15,22H,1,7-12H2/t13-,14+,15?. The molecule has 2 aromatic rings. The van der Waals surface area contributed by atoms with E-state index in [2.05, 4.69) is 34.2 Å². The predicted molar refractivity (Wildman–Crippen MR) is 87.4 cm³/mol. The number of allylic oxidation sites excluding steroid dienone is 1. The number of aromatic nitrogens is 2. The highest BCUT2D eigenvalue weighted by Gasteiger charge is 2.40. The number of para-hydroxylation sites is 2. The lowest BCUT2D eigenvalue weighted by Gasteiger charge is -2.18. The number of fused-ring (bicyclic) bond motifs is 2. The molecule has 1 saturated heterocycles. The number of rotatable bonds is 4. The zero-order valence-corrected chi connectivity index (χ0v) is 12.9. The molecule has 4 rings (SSSR count). The van der Waals surface area contributed by atoms with Crippen LogP contribution in [0.15, 0.2) is 36.9 Å². The first-order valence-electron chi connectivity index (χ1n) is 8.20. The predicted octanol–water partition coefficient (Wildman–Crippen LogP) is 2.43. The van der Waals surface area contributed by atoms with Gasteiger partial charge in [-0.1, -0.05) is 18.2 Å². The third-order valence-corrected chi connectivity index (χ3v) is 5.21. The second-order valence-electron chi connectivity index (χ2n) is 6.76. The van der Waals surface area contributed by atoms with Crippen LogP contribution in [0.2, 0.25) is 0 Å². The van der Waals surface area contributed by atoms with Crippen molar-refractivity contribution in [1.82, 2.24) is 14.5 Å². The van der Waals surface area contributed by atoms with E-state index in [-0.39, 0.29) is 6.10 Å². The van der Waals surface area contributed by atoms with Crippen LogP contribution in [0.1, 0.15) is 18.7 Å². The normalized spacial score (nSPS) is 28.3. The van der Waals surface area contributed by atoms with E-state index in [0.717, 1.165) is 50.4 Å². The summed E-state index contributed by atoms with van der Waals surface area (Å²) in [5, 5.41) is 9.77.